The van der Waals surface area contributed by atoms with Gasteiger partial charge in [-0.3, -0.25) is 4.79 Å². The Morgan fingerprint density at radius 2 is 2.04 bits per heavy atom. The van der Waals surface area contributed by atoms with Crippen molar-refractivity contribution in [1.29, 1.82) is 0 Å². The van der Waals surface area contributed by atoms with E-state index in [-0.39, 0.29) is 5.78 Å². The van der Waals surface area contributed by atoms with Crippen molar-refractivity contribution in [2.45, 2.75) is 83.7 Å². The number of ketones is 1. The molecule has 5 atom stereocenters. The maximum atomic E-state index is 11.8. The van der Waals surface area contributed by atoms with Gasteiger partial charge < -0.3 is 5.11 Å². The number of hydrogen-bond acceptors (Lipinski definition) is 2. The van der Waals surface area contributed by atoms with Crippen LogP contribution in [0, 0.1) is 23.2 Å². The fourth-order valence-corrected chi connectivity index (χ4v) is 6.59. The molecule has 0 aromatic heterocycles. The van der Waals surface area contributed by atoms with Crippen LogP contribution in [0.15, 0.2) is 23.3 Å². The summed E-state index contributed by atoms with van der Waals surface area (Å²) in [7, 11) is 0. The molecule has 4 rings (SSSR count). The van der Waals surface area contributed by atoms with E-state index in [1.807, 2.05) is 0 Å². The first-order valence-electron chi connectivity index (χ1n) is 10.1. The van der Waals surface area contributed by atoms with E-state index < -0.39 is 5.60 Å². The molecule has 3 unspecified atom stereocenters. The lowest BCUT2D eigenvalue weighted by Crippen LogP contribution is -2.55. The van der Waals surface area contributed by atoms with E-state index in [0.29, 0.717) is 36.0 Å². The number of hydrogen-bond donors (Lipinski definition) is 1. The number of carbonyl (C=O) groups excluding carboxylic acids is 1. The molecular formula is C22H32O2. The number of fused-ring (bicyclic) bond motifs is 5. The minimum Gasteiger partial charge on any atom is -0.385 e. The highest BCUT2D eigenvalue weighted by Gasteiger charge is 2.57. The maximum absolute atomic E-state index is 11.8. The van der Waals surface area contributed by atoms with Crippen molar-refractivity contribution in [3.8, 4) is 0 Å². The summed E-state index contributed by atoms with van der Waals surface area (Å²) in [6, 6.07) is 0. The van der Waals surface area contributed by atoms with E-state index in [4.69, 9.17) is 0 Å². The van der Waals surface area contributed by atoms with E-state index in [2.05, 4.69) is 19.9 Å². The van der Waals surface area contributed by atoms with Gasteiger partial charge in [0.2, 0.25) is 0 Å². The smallest absolute Gasteiger partial charge is 0.155 e. The van der Waals surface area contributed by atoms with Crippen LogP contribution < -0.4 is 0 Å². The molecule has 4 aliphatic carbocycles. The van der Waals surface area contributed by atoms with Gasteiger partial charge in [-0.05, 0) is 86.2 Å². The third kappa shape index (κ3) is 2.29. The molecule has 0 saturated heterocycles. The molecule has 24 heavy (non-hydrogen) atoms. The first kappa shape index (κ1) is 16.6. The number of rotatable bonds is 3. The van der Waals surface area contributed by atoms with Crippen LogP contribution in [-0.2, 0) is 4.79 Å². The summed E-state index contributed by atoms with van der Waals surface area (Å²) in [5.41, 5.74) is 2.46. The Bertz CT molecular complexity index is 601. The van der Waals surface area contributed by atoms with Gasteiger partial charge >= 0.3 is 0 Å². The largest absolute Gasteiger partial charge is 0.385 e. The molecule has 0 bridgehead atoms. The van der Waals surface area contributed by atoms with Crippen LogP contribution in [0.3, 0.4) is 0 Å². The van der Waals surface area contributed by atoms with Crippen LogP contribution in [0.2, 0.25) is 0 Å². The average Bonchev–Trinajstić information content (AvgIpc) is 2.90. The van der Waals surface area contributed by atoms with Crippen molar-refractivity contribution in [2.75, 3.05) is 0 Å². The van der Waals surface area contributed by atoms with Crippen LogP contribution >= 0.6 is 0 Å². The van der Waals surface area contributed by atoms with Gasteiger partial charge in [0, 0.05) is 6.42 Å². The second-order valence-electron chi connectivity index (χ2n) is 9.00. The van der Waals surface area contributed by atoms with Crippen molar-refractivity contribution in [3.63, 3.8) is 0 Å². The van der Waals surface area contributed by atoms with Crippen molar-refractivity contribution in [1.82, 2.24) is 0 Å². The zero-order valence-corrected chi connectivity index (χ0v) is 15.3. The molecule has 0 aromatic rings. The number of allylic oxidation sites excluding steroid dienone is 3. The minimum atomic E-state index is -0.676. The van der Waals surface area contributed by atoms with E-state index in [0.717, 1.165) is 18.4 Å². The highest BCUT2D eigenvalue weighted by atomic mass is 16.3. The van der Waals surface area contributed by atoms with Gasteiger partial charge in [-0.1, -0.05) is 31.9 Å². The molecule has 0 radical (unpaired) electrons. The van der Waals surface area contributed by atoms with Crippen molar-refractivity contribution in [3.05, 3.63) is 23.3 Å². The normalized spacial score (nSPS) is 44.3. The van der Waals surface area contributed by atoms with Gasteiger partial charge in [-0.25, -0.2) is 0 Å². The third-order valence-electron chi connectivity index (χ3n) is 7.98. The number of unbranched alkanes of at least 4 members (excludes halogenated alkanes) is 1. The van der Waals surface area contributed by atoms with E-state index in [9.17, 15) is 9.90 Å². The molecule has 0 heterocycles. The Kier molecular flexibility index (Phi) is 4.03. The highest BCUT2D eigenvalue weighted by molar-refractivity contribution is 5.92. The standard InChI is InChI=1S/C22H32O2/c1-3-4-5-15-7-9-19-18-8-6-16-14-17(23)10-13-22(16,24)20(18)11-12-21(15,19)2/h7,14,18-20,24H,3-6,8-13H2,1-2H3/t18?,19?,20?,21-,22-/m1/s1. The molecule has 0 aromatic carbocycles. The second-order valence-corrected chi connectivity index (χ2v) is 9.00. The summed E-state index contributed by atoms with van der Waals surface area (Å²) in [6.45, 7) is 4.78. The Balaban J connectivity index is 1.60. The quantitative estimate of drug-likeness (QED) is 0.743. The number of aliphatic hydroxyl groups is 1. The van der Waals surface area contributed by atoms with E-state index >= 15 is 0 Å². The summed E-state index contributed by atoms with van der Waals surface area (Å²) in [6.07, 6.45) is 15.0. The summed E-state index contributed by atoms with van der Waals surface area (Å²) in [5, 5.41) is 11.5. The Morgan fingerprint density at radius 1 is 1.21 bits per heavy atom. The molecule has 2 heteroatoms. The summed E-state index contributed by atoms with van der Waals surface area (Å²) < 4.78 is 0. The minimum absolute atomic E-state index is 0.221. The molecule has 1 N–H and O–H groups in total. The van der Waals surface area contributed by atoms with Gasteiger partial charge in [-0.15, -0.1) is 0 Å². The average molecular weight is 328 g/mol. The molecule has 4 aliphatic rings. The Morgan fingerprint density at radius 3 is 2.83 bits per heavy atom. The lowest BCUT2D eigenvalue weighted by atomic mass is 9.50. The monoisotopic (exact) mass is 328 g/mol. The fourth-order valence-electron chi connectivity index (χ4n) is 6.59. The first-order valence-corrected chi connectivity index (χ1v) is 10.1. The molecular weight excluding hydrogens is 296 g/mol. The van der Waals surface area contributed by atoms with E-state index in [1.165, 1.54) is 38.5 Å². The zero-order valence-electron chi connectivity index (χ0n) is 15.3. The summed E-state index contributed by atoms with van der Waals surface area (Å²) in [4.78, 5) is 11.8. The zero-order chi connectivity index (χ0) is 16.9. The fraction of sp³-hybridized carbons (Fsp3) is 0.773. The predicted octanol–water partition coefficient (Wildman–Crippen LogP) is 4.97. The van der Waals surface area contributed by atoms with Gasteiger partial charge in [-0.2, -0.15) is 0 Å². The topological polar surface area (TPSA) is 37.3 Å². The van der Waals surface area contributed by atoms with Gasteiger partial charge in [0.1, 0.15) is 0 Å². The van der Waals surface area contributed by atoms with E-state index in [1.54, 1.807) is 11.6 Å². The molecule has 2 nitrogen and oxygen atoms in total. The van der Waals surface area contributed by atoms with Crippen LogP contribution in [0.4, 0.5) is 0 Å². The van der Waals surface area contributed by atoms with Crippen molar-refractivity contribution >= 4 is 5.78 Å². The molecule has 0 aliphatic heterocycles. The summed E-state index contributed by atoms with van der Waals surface area (Å²) >= 11 is 0. The van der Waals surface area contributed by atoms with Crippen LogP contribution in [0.25, 0.3) is 0 Å². The molecule has 0 spiro atoms. The molecule has 2 saturated carbocycles. The van der Waals surface area contributed by atoms with Crippen LogP contribution in [-0.4, -0.2) is 16.5 Å². The highest BCUT2D eigenvalue weighted by Crippen LogP contribution is 2.63. The van der Waals surface area contributed by atoms with Gasteiger partial charge in [0.25, 0.3) is 0 Å². The van der Waals surface area contributed by atoms with Gasteiger partial charge in [0.05, 0.1) is 5.60 Å². The molecule has 132 valence electrons. The van der Waals surface area contributed by atoms with Crippen molar-refractivity contribution < 1.29 is 9.90 Å². The molecule has 2 fully saturated rings. The van der Waals surface area contributed by atoms with Crippen LogP contribution in [0.1, 0.15) is 78.1 Å². The van der Waals surface area contributed by atoms with Gasteiger partial charge in [0.15, 0.2) is 5.78 Å². The summed E-state index contributed by atoms with van der Waals surface area (Å²) in [5.74, 6) is 1.95. The Labute approximate surface area is 146 Å². The molecule has 0 amide bonds. The Hall–Kier alpha value is -0.890. The predicted molar refractivity (Wildman–Crippen MR) is 96.5 cm³/mol. The number of carbonyl (C=O) groups is 1. The maximum Gasteiger partial charge on any atom is 0.155 e. The third-order valence-corrected chi connectivity index (χ3v) is 7.98. The second kappa shape index (κ2) is 5.83. The van der Waals surface area contributed by atoms with Crippen molar-refractivity contribution in [2.24, 2.45) is 23.2 Å². The lowest BCUT2D eigenvalue weighted by Gasteiger charge is -2.56. The SMILES string of the molecule is CCCCC1=CCC2C3CCC4=CC(=O)CC[C@]4(O)C3CC[C@]12C. The lowest BCUT2D eigenvalue weighted by molar-refractivity contribution is -0.124. The van der Waals surface area contributed by atoms with Crippen LogP contribution in [0.5, 0.6) is 0 Å². The first-order chi connectivity index (χ1) is 11.5.